The van der Waals surface area contributed by atoms with Crippen LogP contribution in [0, 0.1) is 0 Å². The van der Waals surface area contributed by atoms with Crippen LogP contribution in [-0.4, -0.2) is 50.0 Å². The van der Waals surface area contributed by atoms with E-state index in [1.165, 1.54) is 21.3 Å². The van der Waals surface area contributed by atoms with Crippen molar-refractivity contribution in [3.8, 4) is 17.2 Å². The van der Waals surface area contributed by atoms with Gasteiger partial charge in [0.25, 0.3) is 5.91 Å². The van der Waals surface area contributed by atoms with Gasteiger partial charge in [0.15, 0.2) is 11.5 Å². The quantitative estimate of drug-likeness (QED) is 0.510. The molecule has 0 bridgehead atoms. The van der Waals surface area contributed by atoms with E-state index < -0.39 is 0 Å². The molecule has 30 heavy (non-hydrogen) atoms. The van der Waals surface area contributed by atoms with E-state index in [1.807, 2.05) is 35.8 Å². The molecule has 160 valence electrons. The minimum Gasteiger partial charge on any atom is -0.493 e. The summed E-state index contributed by atoms with van der Waals surface area (Å²) in [6, 6.07) is 11.0. The number of aromatic nitrogens is 2. The van der Waals surface area contributed by atoms with Gasteiger partial charge in [0, 0.05) is 25.3 Å². The highest BCUT2D eigenvalue weighted by molar-refractivity contribution is 6.05. The zero-order valence-electron chi connectivity index (χ0n) is 17.7. The standard InChI is InChI=1S/C22H27N3O5/c1-5-30-12-8-11-25-17-10-7-6-9-16(17)23-22(25)24-21(26)15-13-18(27-2)20(29-4)19(14-15)28-3/h6-7,9-10,13-14H,5,8,11-12H2,1-4H3,(H,23,24,26). The number of fused-ring (bicyclic) bond motifs is 1. The molecule has 0 aliphatic heterocycles. The molecule has 0 unspecified atom stereocenters. The highest BCUT2D eigenvalue weighted by Gasteiger charge is 2.19. The topological polar surface area (TPSA) is 83.8 Å². The molecule has 0 spiro atoms. The van der Waals surface area contributed by atoms with Crippen molar-refractivity contribution in [3.63, 3.8) is 0 Å². The van der Waals surface area contributed by atoms with Crippen LogP contribution in [0.1, 0.15) is 23.7 Å². The van der Waals surface area contributed by atoms with Crippen molar-refractivity contribution in [2.75, 3.05) is 39.9 Å². The Bertz CT molecular complexity index is 990. The first-order chi connectivity index (χ1) is 14.6. The molecule has 0 aliphatic rings. The number of para-hydroxylation sites is 2. The normalized spacial score (nSPS) is 10.8. The fourth-order valence-electron chi connectivity index (χ4n) is 3.25. The Morgan fingerprint density at radius 3 is 2.40 bits per heavy atom. The zero-order chi connectivity index (χ0) is 21.5. The molecular formula is C22H27N3O5. The van der Waals surface area contributed by atoms with E-state index in [1.54, 1.807) is 12.1 Å². The Balaban J connectivity index is 1.91. The summed E-state index contributed by atoms with van der Waals surface area (Å²) in [6.07, 6.45) is 0.807. The van der Waals surface area contributed by atoms with Crippen molar-refractivity contribution >= 4 is 22.9 Å². The number of hydrogen-bond donors (Lipinski definition) is 1. The first kappa shape index (κ1) is 21.4. The van der Waals surface area contributed by atoms with Crippen LogP contribution < -0.4 is 19.5 Å². The molecular weight excluding hydrogens is 386 g/mol. The molecule has 8 nitrogen and oxygen atoms in total. The molecule has 1 aromatic heterocycles. The third-order valence-electron chi connectivity index (χ3n) is 4.68. The number of nitrogens with zero attached hydrogens (tertiary/aromatic N) is 2. The number of ether oxygens (including phenoxy) is 4. The van der Waals surface area contributed by atoms with Gasteiger partial charge in [0.2, 0.25) is 11.7 Å². The van der Waals surface area contributed by atoms with Gasteiger partial charge in [-0.2, -0.15) is 0 Å². The monoisotopic (exact) mass is 413 g/mol. The number of anilines is 1. The van der Waals surface area contributed by atoms with E-state index >= 15 is 0 Å². The number of imidazole rings is 1. The number of hydrogen-bond acceptors (Lipinski definition) is 6. The summed E-state index contributed by atoms with van der Waals surface area (Å²) in [7, 11) is 4.54. The maximum absolute atomic E-state index is 13.0. The molecule has 0 aliphatic carbocycles. The molecule has 3 rings (SSSR count). The van der Waals surface area contributed by atoms with Crippen LogP contribution in [0.4, 0.5) is 5.95 Å². The van der Waals surface area contributed by atoms with Gasteiger partial charge in [-0.1, -0.05) is 12.1 Å². The second-order valence-corrected chi connectivity index (χ2v) is 6.49. The summed E-state index contributed by atoms with van der Waals surface area (Å²) in [5, 5.41) is 2.92. The summed E-state index contributed by atoms with van der Waals surface area (Å²) in [5.74, 6) is 1.40. The molecule has 1 amide bonds. The van der Waals surface area contributed by atoms with E-state index in [9.17, 15) is 4.79 Å². The molecule has 0 atom stereocenters. The molecule has 1 heterocycles. The van der Waals surface area contributed by atoms with Gasteiger partial charge < -0.3 is 23.5 Å². The second kappa shape index (κ2) is 9.98. The van der Waals surface area contributed by atoms with Gasteiger partial charge in [-0.25, -0.2) is 4.98 Å². The minimum atomic E-state index is -0.324. The number of nitrogens with one attached hydrogen (secondary N) is 1. The van der Waals surface area contributed by atoms with Crippen molar-refractivity contribution in [1.82, 2.24) is 9.55 Å². The van der Waals surface area contributed by atoms with Crippen molar-refractivity contribution in [2.24, 2.45) is 0 Å². The molecule has 1 N–H and O–H groups in total. The Kier molecular flexibility index (Phi) is 7.13. The van der Waals surface area contributed by atoms with Crippen LogP contribution in [0.3, 0.4) is 0 Å². The maximum atomic E-state index is 13.0. The average molecular weight is 413 g/mol. The second-order valence-electron chi connectivity index (χ2n) is 6.49. The van der Waals surface area contributed by atoms with Crippen LogP contribution in [0.5, 0.6) is 17.2 Å². The van der Waals surface area contributed by atoms with Gasteiger partial charge in [-0.15, -0.1) is 0 Å². The van der Waals surface area contributed by atoms with Crippen molar-refractivity contribution < 1.29 is 23.7 Å². The number of aryl methyl sites for hydroxylation is 1. The van der Waals surface area contributed by atoms with Crippen molar-refractivity contribution in [1.29, 1.82) is 0 Å². The van der Waals surface area contributed by atoms with Crippen LogP contribution in [-0.2, 0) is 11.3 Å². The molecule has 0 saturated carbocycles. The number of amides is 1. The lowest BCUT2D eigenvalue weighted by Crippen LogP contribution is -2.17. The molecule has 8 heteroatoms. The van der Waals surface area contributed by atoms with Gasteiger partial charge in [-0.3, -0.25) is 10.1 Å². The summed E-state index contributed by atoms with van der Waals surface area (Å²) >= 11 is 0. The van der Waals surface area contributed by atoms with Crippen molar-refractivity contribution in [3.05, 3.63) is 42.0 Å². The van der Waals surface area contributed by atoms with Gasteiger partial charge in [0.05, 0.1) is 32.4 Å². The fraction of sp³-hybridized carbons (Fsp3) is 0.364. The number of carbonyl (C=O) groups excluding carboxylic acids is 1. The number of methoxy groups -OCH3 is 3. The number of carbonyl (C=O) groups is 1. The Morgan fingerprint density at radius 1 is 1.07 bits per heavy atom. The summed E-state index contributed by atoms with van der Waals surface area (Å²) < 4.78 is 23.5. The SMILES string of the molecule is CCOCCCn1c(NC(=O)c2cc(OC)c(OC)c(OC)c2)nc2ccccc21. The fourth-order valence-corrected chi connectivity index (χ4v) is 3.25. The lowest BCUT2D eigenvalue weighted by molar-refractivity contribution is 0.102. The van der Waals surface area contributed by atoms with Crippen LogP contribution in [0.2, 0.25) is 0 Å². The van der Waals surface area contributed by atoms with Gasteiger partial charge >= 0.3 is 0 Å². The first-order valence-electron chi connectivity index (χ1n) is 9.77. The van der Waals surface area contributed by atoms with E-state index in [-0.39, 0.29) is 5.91 Å². The zero-order valence-corrected chi connectivity index (χ0v) is 17.7. The van der Waals surface area contributed by atoms with Crippen LogP contribution >= 0.6 is 0 Å². The lowest BCUT2D eigenvalue weighted by Gasteiger charge is -2.14. The molecule has 0 fully saturated rings. The largest absolute Gasteiger partial charge is 0.493 e. The van der Waals surface area contributed by atoms with E-state index in [0.717, 1.165) is 17.5 Å². The third-order valence-corrected chi connectivity index (χ3v) is 4.68. The summed E-state index contributed by atoms with van der Waals surface area (Å²) in [6.45, 7) is 3.96. The summed E-state index contributed by atoms with van der Waals surface area (Å²) in [5.41, 5.74) is 2.14. The highest BCUT2D eigenvalue weighted by atomic mass is 16.5. The third kappa shape index (κ3) is 4.49. The van der Waals surface area contributed by atoms with Crippen molar-refractivity contribution in [2.45, 2.75) is 19.9 Å². The maximum Gasteiger partial charge on any atom is 0.258 e. The van der Waals surface area contributed by atoms with E-state index in [2.05, 4.69) is 10.3 Å². The molecule has 0 radical (unpaired) electrons. The Labute approximate surface area is 175 Å². The first-order valence-corrected chi connectivity index (χ1v) is 9.77. The van der Waals surface area contributed by atoms with E-state index in [0.29, 0.717) is 48.5 Å². The summed E-state index contributed by atoms with van der Waals surface area (Å²) in [4.78, 5) is 17.6. The predicted molar refractivity (Wildman–Crippen MR) is 115 cm³/mol. The Hall–Kier alpha value is -3.26. The smallest absolute Gasteiger partial charge is 0.258 e. The molecule has 3 aromatic rings. The van der Waals surface area contributed by atoms with Crippen LogP contribution in [0.15, 0.2) is 36.4 Å². The Morgan fingerprint density at radius 2 is 1.77 bits per heavy atom. The predicted octanol–water partition coefficient (Wildman–Crippen LogP) is 3.74. The molecule has 0 saturated heterocycles. The van der Waals surface area contributed by atoms with Gasteiger partial charge in [-0.05, 0) is 37.6 Å². The minimum absolute atomic E-state index is 0.324. The van der Waals surface area contributed by atoms with E-state index in [4.69, 9.17) is 18.9 Å². The number of rotatable bonds is 10. The molecule has 2 aromatic carbocycles. The number of benzene rings is 2. The van der Waals surface area contributed by atoms with Crippen LogP contribution in [0.25, 0.3) is 11.0 Å². The highest BCUT2D eigenvalue weighted by Crippen LogP contribution is 2.38. The lowest BCUT2D eigenvalue weighted by atomic mass is 10.1. The van der Waals surface area contributed by atoms with Gasteiger partial charge in [0.1, 0.15) is 0 Å². The average Bonchev–Trinajstić information content (AvgIpc) is 3.12.